The van der Waals surface area contributed by atoms with Crippen molar-refractivity contribution in [3.63, 3.8) is 0 Å². The van der Waals surface area contributed by atoms with E-state index in [1.807, 2.05) is 26.8 Å². The van der Waals surface area contributed by atoms with Gasteiger partial charge in [-0.25, -0.2) is 0 Å². The van der Waals surface area contributed by atoms with Crippen LogP contribution in [0.15, 0.2) is 12.3 Å². The number of methoxy groups -OCH3 is 1. The van der Waals surface area contributed by atoms with E-state index in [-0.39, 0.29) is 0 Å². The van der Waals surface area contributed by atoms with Gasteiger partial charge in [0.2, 0.25) is 0 Å². The number of ether oxygens (including phenoxy) is 1. The van der Waals surface area contributed by atoms with Crippen molar-refractivity contribution >= 4 is 0 Å². The Morgan fingerprint density at radius 1 is 1.46 bits per heavy atom. The molecule has 0 bridgehead atoms. The lowest BCUT2D eigenvalue weighted by Gasteiger charge is -2.01. The summed E-state index contributed by atoms with van der Waals surface area (Å²) in [5.41, 5.74) is 1.32. The van der Waals surface area contributed by atoms with Crippen LogP contribution in [0.1, 0.15) is 25.1 Å². The number of aryl methyl sites for hydroxylation is 1. The zero-order valence-corrected chi connectivity index (χ0v) is 8.46. The molecule has 1 heterocycles. The van der Waals surface area contributed by atoms with Gasteiger partial charge < -0.3 is 4.74 Å². The molecule has 3 nitrogen and oxygen atoms in total. The SMILES string of the molecule is CC.COc1cc(C)ncc1C#N. The Morgan fingerprint density at radius 3 is 2.54 bits per heavy atom. The van der Waals surface area contributed by atoms with Crippen LogP contribution in [0.5, 0.6) is 5.75 Å². The second-order valence-electron chi connectivity index (χ2n) is 2.14. The van der Waals surface area contributed by atoms with Crippen molar-refractivity contribution < 1.29 is 4.74 Å². The van der Waals surface area contributed by atoms with E-state index in [1.165, 1.54) is 13.3 Å². The minimum atomic E-state index is 0.470. The maximum atomic E-state index is 8.57. The van der Waals surface area contributed by atoms with Crippen LogP contribution in [-0.2, 0) is 0 Å². The first-order chi connectivity index (χ1) is 6.27. The number of hydrogen-bond donors (Lipinski definition) is 0. The van der Waals surface area contributed by atoms with Crippen LogP contribution in [0.25, 0.3) is 0 Å². The first-order valence-corrected chi connectivity index (χ1v) is 4.18. The smallest absolute Gasteiger partial charge is 0.140 e. The van der Waals surface area contributed by atoms with Gasteiger partial charge in [0.15, 0.2) is 0 Å². The normalized spacial score (nSPS) is 7.92. The van der Waals surface area contributed by atoms with Crippen LogP contribution in [0, 0.1) is 18.3 Å². The fourth-order valence-corrected chi connectivity index (χ4v) is 0.788. The molecule has 1 rings (SSSR count). The predicted octanol–water partition coefficient (Wildman–Crippen LogP) is 2.30. The van der Waals surface area contributed by atoms with E-state index in [0.717, 1.165) is 5.69 Å². The average molecular weight is 178 g/mol. The summed E-state index contributed by atoms with van der Waals surface area (Å²) >= 11 is 0. The summed E-state index contributed by atoms with van der Waals surface area (Å²) in [7, 11) is 1.54. The topological polar surface area (TPSA) is 45.9 Å². The van der Waals surface area contributed by atoms with Gasteiger partial charge in [0.05, 0.1) is 7.11 Å². The van der Waals surface area contributed by atoms with E-state index >= 15 is 0 Å². The Kier molecular flexibility index (Phi) is 5.29. The maximum absolute atomic E-state index is 8.57. The molecule has 0 fully saturated rings. The lowest BCUT2D eigenvalue weighted by molar-refractivity contribution is 0.412. The van der Waals surface area contributed by atoms with E-state index in [9.17, 15) is 0 Å². The van der Waals surface area contributed by atoms with Gasteiger partial charge in [0, 0.05) is 18.0 Å². The zero-order chi connectivity index (χ0) is 10.3. The average Bonchev–Trinajstić information content (AvgIpc) is 2.20. The Hall–Kier alpha value is -1.56. The molecule has 13 heavy (non-hydrogen) atoms. The largest absolute Gasteiger partial charge is 0.495 e. The highest BCUT2D eigenvalue weighted by atomic mass is 16.5. The second kappa shape index (κ2) is 6.01. The van der Waals surface area contributed by atoms with Crippen molar-refractivity contribution in [3.05, 3.63) is 23.5 Å². The summed E-state index contributed by atoms with van der Waals surface area (Å²) in [6.45, 7) is 5.85. The number of rotatable bonds is 1. The molecule has 0 saturated carbocycles. The molecule has 1 aromatic rings. The lowest BCUT2D eigenvalue weighted by Crippen LogP contribution is -1.90. The van der Waals surface area contributed by atoms with Gasteiger partial charge >= 0.3 is 0 Å². The number of aromatic nitrogens is 1. The summed E-state index contributed by atoms with van der Waals surface area (Å²) in [5.74, 6) is 0.583. The van der Waals surface area contributed by atoms with Gasteiger partial charge in [0.25, 0.3) is 0 Å². The molecule has 0 saturated heterocycles. The summed E-state index contributed by atoms with van der Waals surface area (Å²) in [6.07, 6.45) is 1.51. The van der Waals surface area contributed by atoms with Crippen molar-refractivity contribution in [1.29, 1.82) is 5.26 Å². The Balaban J connectivity index is 0.000000671. The fraction of sp³-hybridized carbons (Fsp3) is 0.400. The number of nitriles is 1. The summed E-state index contributed by atoms with van der Waals surface area (Å²) in [6, 6.07) is 3.72. The van der Waals surface area contributed by atoms with E-state index in [4.69, 9.17) is 10.00 Å². The lowest BCUT2D eigenvalue weighted by atomic mass is 10.2. The third-order valence-electron chi connectivity index (χ3n) is 1.34. The van der Waals surface area contributed by atoms with Gasteiger partial charge in [-0.2, -0.15) is 5.26 Å². The molecular formula is C10H14N2O. The van der Waals surface area contributed by atoms with E-state index in [2.05, 4.69) is 4.98 Å². The first-order valence-electron chi connectivity index (χ1n) is 4.18. The van der Waals surface area contributed by atoms with E-state index in [1.54, 1.807) is 6.07 Å². The van der Waals surface area contributed by atoms with Crippen LogP contribution in [0.3, 0.4) is 0 Å². The molecule has 3 heteroatoms. The molecular weight excluding hydrogens is 164 g/mol. The van der Waals surface area contributed by atoms with Crippen LogP contribution < -0.4 is 4.74 Å². The van der Waals surface area contributed by atoms with Crippen molar-refractivity contribution in [2.75, 3.05) is 7.11 Å². The van der Waals surface area contributed by atoms with Crippen molar-refractivity contribution in [3.8, 4) is 11.8 Å². The maximum Gasteiger partial charge on any atom is 0.140 e. The minimum absolute atomic E-state index is 0.470. The quantitative estimate of drug-likeness (QED) is 0.662. The highest BCUT2D eigenvalue weighted by molar-refractivity contribution is 5.41. The van der Waals surface area contributed by atoms with Gasteiger partial charge in [-0.1, -0.05) is 13.8 Å². The van der Waals surface area contributed by atoms with Crippen LogP contribution in [-0.4, -0.2) is 12.1 Å². The second-order valence-corrected chi connectivity index (χ2v) is 2.14. The number of nitrogens with zero attached hydrogens (tertiary/aromatic N) is 2. The molecule has 0 atom stereocenters. The van der Waals surface area contributed by atoms with Crippen molar-refractivity contribution in [2.45, 2.75) is 20.8 Å². The molecule has 0 aliphatic rings. The zero-order valence-electron chi connectivity index (χ0n) is 8.46. The molecule has 1 aromatic heterocycles. The summed E-state index contributed by atoms with van der Waals surface area (Å²) < 4.78 is 4.95. The van der Waals surface area contributed by atoms with Crippen LogP contribution >= 0.6 is 0 Å². The highest BCUT2D eigenvalue weighted by Gasteiger charge is 2.00. The number of hydrogen-bond acceptors (Lipinski definition) is 3. The molecule has 0 N–H and O–H groups in total. The van der Waals surface area contributed by atoms with Crippen molar-refractivity contribution in [1.82, 2.24) is 4.98 Å². The van der Waals surface area contributed by atoms with E-state index < -0.39 is 0 Å². The summed E-state index contributed by atoms with van der Waals surface area (Å²) in [4.78, 5) is 3.96. The molecule has 0 spiro atoms. The van der Waals surface area contributed by atoms with Gasteiger partial charge in [-0.3, -0.25) is 4.98 Å². The van der Waals surface area contributed by atoms with Crippen LogP contribution in [0.2, 0.25) is 0 Å². The highest BCUT2D eigenvalue weighted by Crippen LogP contribution is 2.15. The van der Waals surface area contributed by atoms with E-state index in [0.29, 0.717) is 11.3 Å². The monoisotopic (exact) mass is 178 g/mol. The molecule has 0 aliphatic heterocycles. The molecule has 0 aromatic carbocycles. The Morgan fingerprint density at radius 2 is 2.08 bits per heavy atom. The van der Waals surface area contributed by atoms with Gasteiger partial charge in [0.1, 0.15) is 17.4 Å². The molecule has 0 aliphatic carbocycles. The van der Waals surface area contributed by atoms with Crippen LogP contribution in [0.4, 0.5) is 0 Å². The fourth-order valence-electron chi connectivity index (χ4n) is 0.788. The standard InChI is InChI=1S/C8H8N2O.C2H6/c1-6-3-8(11-2)7(4-9)5-10-6;1-2/h3,5H,1-2H3;1-2H3. The first kappa shape index (κ1) is 11.4. The van der Waals surface area contributed by atoms with Gasteiger partial charge in [-0.05, 0) is 6.92 Å². The third kappa shape index (κ3) is 3.12. The minimum Gasteiger partial charge on any atom is -0.495 e. The Labute approximate surface area is 79.0 Å². The van der Waals surface area contributed by atoms with Gasteiger partial charge in [-0.15, -0.1) is 0 Å². The molecule has 0 unspecified atom stereocenters. The molecule has 0 radical (unpaired) electrons. The summed E-state index contributed by atoms with van der Waals surface area (Å²) in [5, 5.41) is 8.57. The molecule has 0 amide bonds. The molecule has 70 valence electrons. The number of pyridine rings is 1. The predicted molar refractivity (Wildman–Crippen MR) is 51.6 cm³/mol. The third-order valence-corrected chi connectivity index (χ3v) is 1.34. The Bertz CT molecular complexity index is 302. The van der Waals surface area contributed by atoms with Crippen molar-refractivity contribution in [2.24, 2.45) is 0 Å².